The molecule has 4 aromatic carbocycles. The molecule has 2 fully saturated rings. The molecule has 272 valence electrons. The molecule has 4 atom stereocenters. The molecule has 0 saturated heterocycles. The van der Waals surface area contributed by atoms with Crippen molar-refractivity contribution in [3.8, 4) is 22.3 Å². The van der Waals surface area contributed by atoms with Crippen LogP contribution in [0.4, 0.5) is 0 Å². The van der Waals surface area contributed by atoms with E-state index in [0.29, 0.717) is 29.6 Å². The number of fused-ring (bicyclic) bond motifs is 3. The second kappa shape index (κ2) is 13.6. The van der Waals surface area contributed by atoms with E-state index in [9.17, 15) is 0 Å². The first-order valence-electron chi connectivity index (χ1n) is 20.5. The molecular weight excluding hydrogens is 637 g/mol. The fraction of sp³-hybridized carbons (Fsp3) is 0.396. The normalized spacial score (nSPS) is 24.9. The van der Waals surface area contributed by atoms with Gasteiger partial charge in [-0.2, -0.15) is 0 Å². The van der Waals surface area contributed by atoms with E-state index < -0.39 is 0 Å². The maximum Gasteiger partial charge on any atom is -0.00919 e. The molecule has 0 nitrogen and oxygen atoms in total. The summed E-state index contributed by atoms with van der Waals surface area (Å²) in [6.07, 6.45) is 16.6. The van der Waals surface area contributed by atoms with Gasteiger partial charge in [0.25, 0.3) is 0 Å². The predicted molar refractivity (Wildman–Crippen MR) is 228 cm³/mol. The van der Waals surface area contributed by atoms with E-state index in [4.69, 9.17) is 0 Å². The summed E-state index contributed by atoms with van der Waals surface area (Å²) in [6, 6.07) is 40.5. The summed E-state index contributed by atoms with van der Waals surface area (Å²) in [5.41, 5.74) is 14.1. The molecule has 4 unspecified atom stereocenters. The molecular formula is C53H60. The summed E-state index contributed by atoms with van der Waals surface area (Å²) in [4.78, 5) is 0. The highest BCUT2D eigenvalue weighted by Crippen LogP contribution is 2.64. The van der Waals surface area contributed by atoms with Crippen LogP contribution in [0.25, 0.3) is 33.4 Å². The van der Waals surface area contributed by atoms with Gasteiger partial charge in [-0.3, -0.25) is 0 Å². The fourth-order valence-corrected chi connectivity index (χ4v) is 10.9. The van der Waals surface area contributed by atoms with Crippen LogP contribution in [0.5, 0.6) is 0 Å². The van der Waals surface area contributed by atoms with Crippen molar-refractivity contribution in [1.82, 2.24) is 0 Å². The highest BCUT2D eigenvalue weighted by molar-refractivity contribution is 5.85. The van der Waals surface area contributed by atoms with Crippen LogP contribution in [0.15, 0.2) is 145 Å². The summed E-state index contributed by atoms with van der Waals surface area (Å²) >= 11 is 0. The molecule has 4 aromatic rings. The maximum atomic E-state index is 2.79. The summed E-state index contributed by atoms with van der Waals surface area (Å²) in [6.45, 7) is 19.8. The Balaban J connectivity index is 1.26. The largest absolute Gasteiger partial charge is 0.0758 e. The first kappa shape index (κ1) is 35.8. The Morgan fingerprint density at radius 3 is 1.08 bits per heavy atom. The lowest BCUT2D eigenvalue weighted by Crippen LogP contribution is -2.38. The highest BCUT2D eigenvalue weighted by Gasteiger charge is 2.57. The average molecular weight is 697 g/mol. The van der Waals surface area contributed by atoms with Crippen LogP contribution < -0.4 is 0 Å². The van der Waals surface area contributed by atoms with E-state index in [2.05, 4.69) is 189 Å². The van der Waals surface area contributed by atoms with Crippen LogP contribution in [-0.2, 0) is 0 Å². The minimum absolute atomic E-state index is 0.0379. The van der Waals surface area contributed by atoms with Crippen molar-refractivity contribution in [3.05, 3.63) is 156 Å². The van der Waals surface area contributed by atoms with Gasteiger partial charge in [0.1, 0.15) is 0 Å². The number of hydrogen-bond acceptors (Lipinski definition) is 0. The molecule has 0 N–H and O–H groups in total. The van der Waals surface area contributed by atoms with Crippen molar-refractivity contribution >= 4 is 11.1 Å². The van der Waals surface area contributed by atoms with Gasteiger partial charge >= 0.3 is 0 Å². The first-order valence-corrected chi connectivity index (χ1v) is 20.5. The third kappa shape index (κ3) is 6.66. The second-order valence-electron chi connectivity index (χ2n) is 19.3. The van der Waals surface area contributed by atoms with Crippen LogP contribution in [0.2, 0.25) is 0 Å². The molecule has 4 aliphatic rings. The molecule has 8 rings (SSSR count). The Kier molecular flexibility index (Phi) is 9.20. The minimum atomic E-state index is 0.0379. The topological polar surface area (TPSA) is 0 Å². The third-order valence-corrected chi connectivity index (χ3v) is 13.7. The summed E-state index contributed by atoms with van der Waals surface area (Å²) in [5, 5.41) is 0. The Morgan fingerprint density at radius 2 is 0.717 bits per heavy atom. The van der Waals surface area contributed by atoms with Crippen molar-refractivity contribution in [3.63, 3.8) is 0 Å². The quantitative estimate of drug-likeness (QED) is 0.188. The molecule has 0 aliphatic heterocycles. The zero-order valence-electron chi connectivity index (χ0n) is 33.5. The maximum absolute atomic E-state index is 2.79. The van der Waals surface area contributed by atoms with Crippen LogP contribution in [0.1, 0.15) is 92.2 Å². The molecule has 0 radical (unpaired) electrons. The zero-order valence-corrected chi connectivity index (χ0v) is 33.5. The highest BCUT2D eigenvalue weighted by atomic mass is 14.6. The Morgan fingerprint density at radius 1 is 0.377 bits per heavy atom. The van der Waals surface area contributed by atoms with Crippen LogP contribution in [0.3, 0.4) is 0 Å². The van der Waals surface area contributed by atoms with Gasteiger partial charge in [0.05, 0.1) is 0 Å². The minimum Gasteiger partial charge on any atom is -0.0758 e. The van der Waals surface area contributed by atoms with Gasteiger partial charge in [0.2, 0.25) is 0 Å². The van der Waals surface area contributed by atoms with Gasteiger partial charge < -0.3 is 0 Å². The molecule has 0 heteroatoms. The molecule has 0 amide bonds. The van der Waals surface area contributed by atoms with Gasteiger partial charge in [-0.05, 0) is 120 Å². The lowest BCUT2D eigenvalue weighted by molar-refractivity contribution is 0.0751. The van der Waals surface area contributed by atoms with Crippen LogP contribution in [-0.4, -0.2) is 0 Å². The summed E-state index contributed by atoms with van der Waals surface area (Å²) in [7, 11) is 0. The van der Waals surface area contributed by atoms with Crippen molar-refractivity contribution in [1.29, 1.82) is 0 Å². The molecule has 0 heterocycles. The van der Waals surface area contributed by atoms with E-state index in [1.54, 1.807) is 0 Å². The van der Waals surface area contributed by atoms with Crippen LogP contribution >= 0.6 is 0 Å². The SMILES string of the molecule is CC(C)(C)C1=CC2C3C=C(C(C)(C)C)C(c4ccc(-c5ccccc5)cc4)=CC3C(C(C)(C)C3CCCC3)C2C=C1c1ccc(-c2ccccc2)cc1. The summed E-state index contributed by atoms with van der Waals surface area (Å²) < 4.78 is 0. The summed E-state index contributed by atoms with van der Waals surface area (Å²) in [5.74, 6) is 3.30. The first-order chi connectivity index (χ1) is 25.3. The van der Waals surface area contributed by atoms with Gasteiger partial charge in [-0.1, -0.05) is 202 Å². The Hall–Kier alpha value is -4.16. The van der Waals surface area contributed by atoms with E-state index in [-0.39, 0.29) is 16.2 Å². The van der Waals surface area contributed by atoms with E-state index in [1.807, 2.05) is 0 Å². The van der Waals surface area contributed by atoms with Crippen molar-refractivity contribution < 1.29 is 0 Å². The smallest absolute Gasteiger partial charge is 0.00919 e. The second-order valence-corrected chi connectivity index (χ2v) is 19.3. The van der Waals surface area contributed by atoms with E-state index in [0.717, 1.165) is 5.92 Å². The van der Waals surface area contributed by atoms with Crippen LogP contribution in [0, 0.1) is 51.8 Å². The fourth-order valence-electron chi connectivity index (χ4n) is 10.9. The molecule has 4 aliphatic carbocycles. The molecule has 0 bridgehead atoms. The lowest BCUT2D eigenvalue weighted by atomic mass is 9.60. The number of rotatable bonds is 6. The third-order valence-electron chi connectivity index (χ3n) is 13.7. The van der Waals surface area contributed by atoms with Gasteiger partial charge in [0.15, 0.2) is 0 Å². The van der Waals surface area contributed by atoms with Gasteiger partial charge in [-0.15, -0.1) is 0 Å². The van der Waals surface area contributed by atoms with Gasteiger partial charge in [-0.25, -0.2) is 0 Å². The van der Waals surface area contributed by atoms with Crippen molar-refractivity contribution in [2.75, 3.05) is 0 Å². The monoisotopic (exact) mass is 696 g/mol. The van der Waals surface area contributed by atoms with Crippen molar-refractivity contribution in [2.45, 2.75) is 81.1 Å². The zero-order chi connectivity index (χ0) is 37.1. The molecule has 0 spiro atoms. The molecule has 53 heavy (non-hydrogen) atoms. The van der Waals surface area contributed by atoms with E-state index in [1.165, 1.54) is 81.4 Å². The van der Waals surface area contributed by atoms with E-state index >= 15 is 0 Å². The Labute approximate surface area is 320 Å². The standard InChI is InChI=1S/C53H60/c1-51(2,3)48-33-44-45-34-49(52(4,5)6)43(40-29-25-38(26-30-40)36-19-13-10-14-20-36)32-47(45)50(53(7,8)41-21-15-16-22-41)46(44)31-42(48)39-27-23-37(24-28-39)35-17-11-9-12-18-35/h9-14,17-20,23-34,41,44-47,50H,15-16,21-22H2,1-8H3. The van der Waals surface area contributed by atoms with Crippen molar-refractivity contribution in [2.24, 2.45) is 51.8 Å². The lowest BCUT2D eigenvalue weighted by Gasteiger charge is -2.45. The molecule has 0 aromatic heterocycles. The number of allylic oxidation sites excluding steroid dienone is 8. The Bertz CT molecular complexity index is 1900. The number of hydrogen-bond donors (Lipinski definition) is 0. The average Bonchev–Trinajstić information content (AvgIpc) is 3.82. The van der Waals surface area contributed by atoms with Gasteiger partial charge in [0, 0.05) is 0 Å². The number of benzene rings is 4. The molecule has 2 saturated carbocycles. The predicted octanol–water partition coefficient (Wildman–Crippen LogP) is 14.8.